The largest absolute Gasteiger partial charge is 0.493 e. The van der Waals surface area contributed by atoms with Crippen LogP contribution < -0.4 is 19.7 Å². The van der Waals surface area contributed by atoms with Gasteiger partial charge in [0.2, 0.25) is 11.8 Å². The number of amides is 3. The number of thioether (sulfide) groups is 1. The molecule has 3 aromatic carbocycles. The molecule has 0 radical (unpaired) electrons. The molecule has 3 N–H and O–H groups in total. The molecule has 1 aromatic heterocycles. The fraction of sp³-hybridized carbons (Fsp3) is 0.343. The Balaban J connectivity index is 1.07. The van der Waals surface area contributed by atoms with E-state index in [0.717, 1.165) is 42.5 Å². The number of aromatic nitrogens is 1. The van der Waals surface area contributed by atoms with Gasteiger partial charge in [-0.25, -0.2) is 4.79 Å². The molecule has 0 spiro atoms. The van der Waals surface area contributed by atoms with E-state index in [1.54, 1.807) is 17.8 Å². The number of carbonyl (C=O) groups excluding carboxylic acids is 3. The maximum Gasteiger partial charge on any atom is 0.326 e. The van der Waals surface area contributed by atoms with Crippen LogP contribution in [0.1, 0.15) is 29.7 Å². The van der Waals surface area contributed by atoms with Crippen LogP contribution in [0.5, 0.6) is 11.5 Å². The zero-order valence-electron chi connectivity index (χ0n) is 25.9. The lowest BCUT2D eigenvalue weighted by atomic mass is 9.68. The number of anilines is 1. The Labute approximate surface area is 282 Å². The SMILES string of the molecule is COc1cc([C@H]2c3sc(=O)[nH]c3SC3C4CC(C5C(=O)N(C(C)C(=O)O)C(=O)C45)C32)ccc1OCC(=O)Nc1cccc2ccccc12. The lowest BCUT2D eigenvalue weighted by molar-refractivity contribution is -0.154. The molecule has 3 fully saturated rings. The van der Waals surface area contributed by atoms with Crippen molar-refractivity contribution in [2.24, 2.45) is 29.6 Å². The molecule has 246 valence electrons. The molecular formula is C35H31N3O8S2. The van der Waals surface area contributed by atoms with E-state index in [1.807, 2.05) is 54.6 Å². The van der Waals surface area contributed by atoms with Gasteiger partial charge in [0, 0.05) is 27.1 Å². The molecule has 13 heteroatoms. The van der Waals surface area contributed by atoms with E-state index in [0.29, 0.717) is 23.6 Å². The molecule has 7 unspecified atom stereocenters. The van der Waals surface area contributed by atoms with Crippen molar-refractivity contribution >= 4 is 63.2 Å². The van der Waals surface area contributed by atoms with Gasteiger partial charge in [-0.05, 0) is 60.2 Å². The zero-order chi connectivity index (χ0) is 33.4. The molecule has 1 saturated heterocycles. The first-order valence-electron chi connectivity index (χ1n) is 15.7. The van der Waals surface area contributed by atoms with Crippen LogP contribution in [0.2, 0.25) is 0 Å². The number of aliphatic carboxylic acids is 1. The van der Waals surface area contributed by atoms with E-state index >= 15 is 0 Å². The minimum Gasteiger partial charge on any atom is -0.493 e. The lowest BCUT2D eigenvalue weighted by Crippen LogP contribution is -2.44. The van der Waals surface area contributed by atoms with Crippen LogP contribution in [0, 0.1) is 29.6 Å². The molecule has 11 nitrogen and oxygen atoms in total. The van der Waals surface area contributed by atoms with Crippen LogP contribution in [0.4, 0.5) is 5.69 Å². The Bertz CT molecular complexity index is 2070. The van der Waals surface area contributed by atoms with Gasteiger partial charge >= 0.3 is 10.8 Å². The molecule has 4 aromatic rings. The van der Waals surface area contributed by atoms with E-state index in [2.05, 4.69) is 10.3 Å². The van der Waals surface area contributed by atoms with E-state index in [-0.39, 0.29) is 46.3 Å². The van der Waals surface area contributed by atoms with Gasteiger partial charge in [-0.15, -0.1) is 11.8 Å². The first kappa shape index (κ1) is 30.7. The standard InChI is InChI=1S/C35H31N3O8S2/c1-15(34(42)43)38-32(40)27-19-13-20(28(27)33(38)41)29-26(19)25(30-31(47-29)37-35(44)48-30)17-10-11-22(23(12-17)45-2)46-14-24(39)36-21-9-5-7-16-6-3-4-8-18(16)21/h3-12,15,19-20,25-29H,13-14H2,1-2H3,(H,36,39)(H,37,44)(H,42,43)/t15?,19?,20?,25-,26?,27?,28?,29?/m1/s1. The number of ether oxygens (including phenoxy) is 2. The number of hydrogen-bond acceptors (Lipinski definition) is 9. The molecule has 4 aliphatic rings. The fourth-order valence-electron chi connectivity index (χ4n) is 8.57. The summed E-state index contributed by atoms with van der Waals surface area (Å²) >= 11 is 2.70. The highest BCUT2D eigenvalue weighted by Crippen LogP contribution is 2.68. The number of rotatable bonds is 8. The maximum absolute atomic E-state index is 13.7. The first-order chi connectivity index (χ1) is 23.2. The monoisotopic (exact) mass is 685 g/mol. The second kappa shape index (κ2) is 11.5. The van der Waals surface area contributed by atoms with Crippen LogP contribution in [0.25, 0.3) is 10.8 Å². The number of aromatic amines is 1. The summed E-state index contributed by atoms with van der Waals surface area (Å²) in [6, 6.07) is 17.7. The van der Waals surface area contributed by atoms with Crippen molar-refractivity contribution in [2.75, 3.05) is 19.0 Å². The number of nitrogens with one attached hydrogen (secondary N) is 2. The Kier molecular flexibility index (Phi) is 7.37. The second-order valence-electron chi connectivity index (χ2n) is 12.8. The topological polar surface area (TPSA) is 155 Å². The normalized spacial score (nSPS) is 27.4. The summed E-state index contributed by atoms with van der Waals surface area (Å²) in [5, 5.41) is 15.2. The predicted molar refractivity (Wildman–Crippen MR) is 179 cm³/mol. The van der Waals surface area contributed by atoms with Gasteiger partial charge in [0.15, 0.2) is 18.1 Å². The van der Waals surface area contributed by atoms with Crippen molar-refractivity contribution in [1.82, 2.24) is 9.88 Å². The van der Waals surface area contributed by atoms with Crippen LogP contribution in [-0.4, -0.2) is 63.7 Å². The van der Waals surface area contributed by atoms with E-state index < -0.39 is 35.7 Å². The minimum absolute atomic E-state index is 0.0458. The van der Waals surface area contributed by atoms with Crippen LogP contribution in [0.3, 0.4) is 0 Å². The number of benzene rings is 3. The number of thiazole rings is 1. The van der Waals surface area contributed by atoms with Crippen molar-refractivity contribution in [3.05, 3.63) is 80.8 Å². The number of H-pyrrole nitrogens is 1. The molecular weight excluding hydrogens is 655 g/mol. The highest BCUT2D eigenvalue weighted by molar-refractivity contribution is 8.00. The summed E-state index contributed by atoms with van der Waals surface area (Å²) in [6.07, 6.45) is 0.685. The molecule has 8 rings (SSSR count). The molecule has 2 aliphatic carbocycles. The summed E-state index contributed by atoms with van der Waals surface area (Å²) < 4.78 is 11.7. The summed E-state index contributed by atoms with van der Waals surface area (Å²) in [5.41, 5.74) is 1.55. The number of methoxy groups -OCH3 is 1. The van der Waals surface area contributed by atoms with Gasteiger partial charge in [-0.1, -0.05) is 53.8 Å². The van der Waals surface area contributed by atoms with Crippen molar-refractivity contribution in [1.29, 1.82) is 0 Å². The molecule has 8 atom stereocenters. The van der Waals surface area contributed by atoms with Gasteiger partial charge in [0.1, 0.15) is 6.04 Å². The predicted octanol–water partition coefficient (Wildman–Crippen LogP) is 4.56. The highest BCUT2D eigenvalue weighted by atomic mass is 32.2. The van der Waals surface area contributed by atoms with Crippen LogP contribution in [0.15, 0.2) is 70.5 Å². The molecule has 48 heavy (non-hydrogen) atoms. The number of imide groups is 1. The average Bonchev–Trinajstić information content (AvgIpc) is 3.82. The summed E-state index contributed by atoms with van der Waals surface area (Å²) in [4.78, 5) is 69.2. The summed E-state index contributed by atoms with van der Waals surface area (Å²) in [6.45, 7) is 1.12. The van der Waals surface area contributed by atoms with E-state index in [9.17, 15) is 29.1 Å². The maximum atomic E-state index is 13.7. The summed E-state index contributed by atoms with van der Waals surface area (Å²) in [5.74, 6) is -3.33. The molecule has 3 amide bonds. The number of likely N-dealkylation sites (tertiary alicyclic amines) is 1. The van der Waals surface area contributed by atoms with Gasteiger partial charge in [-0.3, -0.25) is 24.1 Å². The third-order valence-electron chi connectivity index (χ3n) is 10.5. The van der Waals surface area contributed by atoms with Gasteiger partial charge in [0.05, 0.1) is 24.0 Å². The Morgan fingerprint density at radius 2 is 1.77 bits per heavy atom. The Hall–Kier alpha value is -4.62. The first-order valence-corrected chi connectivity index (χ1v) is 17.4. The van der Waals surface area contributed by atoms with Gasteiger partial charge < -0.3 is 24.9 Å². The molecule has 3 heterocycles. The summed E-state index contributed by atoms with van der Waals surface area (Å²) in [7, 11) is 1.52. The fourth-order valence-corrected chi connectivity index (χ4v) is 11.5. The second-order valence-corrected chi connectivity index (χ2v) is 15.0. The van der Waals surface area contributed by atoms with Crippen LogP contribution >= 0.6 is 23.1 Å². The number of carbonyl (C=O) groups is 4. The number of carboxylic acid groups (broad SMARTS) is 1. The van der Waals surface area contributed by atoms with Crippen molar-refractivity contribution in [3.63, 3.8) is 0 Å². The minimum atomic E-state index is -1.23. The lowest BCUT2D eigenvalue weighted by Gasteiger charge is -2.43. The molecule has 2 bridgehead atoms. The smallest absolute Gasteiger partial charge is 0.326 e. The number of nitrogens with zero attached hydrogens (tertiary/aromatic N) is 1. The van der Waals surface area contributed by atoms with Gasteiger partial charge in [-0.2, -0.15) is 0 Å². The third kappa shape index (κ3) is 4.66. The highest BCUT2D eigenvalue weighted by Gasteiger charge is 2.70. The van der Waals surface area contributed by atoms with Crippen LogP contribution in [-0.2, 0) is 19.2 Å². The third-order valence-corrected chi connectivity index (χ3v) is 13.1. The average molecular weight is 686 g/mol. The van der Waals surface area contributed by atoms with E-state index in [4.69, 9.17) is 9.47 Å². The van der Waals surface area contributed by atoms with Crippen molar-refractivity contribution in [3.8, 4) is 11.5 Å². The van der Waals surface area contributed by atoms with Gasteiger partial charge in [0.25, 0.3) is 5.91 Å². The Morgan fingerprint density at radius 3 is 2.54 bits per heavy atom. The number of fused-ring (bicyclic) bond motifs is 10. The molecule has 2 saturated carbocycles. The van der Waals surface area contributed by atoms with Crippen molar-refractivity contribution < 1.29 is 33.8 Å². The number of hydrogen-bond donors (Lipinski definition) is 3. The Morgan fingerprint density at radius 1 is 1.02 bits per heavy atom. The molecule has 2 aliphatic heterocycles. The van der Waals surface area contributed by atoms with Crippen molar-refractivity contribution in [2.45, 2.75) is 35.6 Å². The zero-order valence-corrected chi connectivity index (χ0v) is 27.5. The number of carboxylic acids is 1. The quantitative estimate of drug-likeness (QED) is 0.227. The van der Waals surface area contributed by atoms with E-state index in [1.165, 1.54) is 14.0 Å².